The lowest BCUT2D eigenvalue weighted by Gasteiger charge is -2.48. The predicted molar refractivity (Wildman–Crippen MR) is 54.8 cm³/mol. The third-order valence-electron chi connectivity index (χ3n) is 3.08. The molecule has 1 saturated heterocycles. The van der Waals surface area contributed by atoms with E-state index in [0.29, 0.717) is 13.2 Å². The molecule has 1 atom stereocenters. The van der Waals surface area contributed by atoms with Gasteiger partial charge in [0.15, 0.2) is 0 Å². The molecule has 0 aromatic carbocycles. The number of carbonyl (C=O) groups is 1. The van der Waals surface area contributed by atoms with Crippen LogP contribution in [0.1, 0.15) is 20.8 Å². The van der Waals surface area contributed by atoms with Gasteiger partial charge in [-0.05, 0) is 5.41 Å². The zero-order valence-corrected chi connectivity index (χ0v) is 9.49. The number of amides is 1. The second kappa shape index (κ2) is 3.98. The van der Waals surface area contributed by atoms with Crippen LogP contribution in [0.4, 0.5) is 4.79 Å². The number of hydrogen-bond donors (Lipinski definition) is 2. The van der Waals surface area contributed by atoms with Gasteiger partial charge in [-0.25, -0.2) is 4.79 Å². The predicted octanol–water partition coefficient (Wildman–Crippen LogP) is 0.774. The van der Waals surface area contributed by atoms with Gasteiger partial charge in [0.25, 0.3) is 0 Å². The van der Waals surface area contributed by atoms with Crippen molar-refractivity contribution in [1.29, 1.82) is 0 Å². The van der Waals surface area contributed by atoms with Crippen LogP contribution in [-0.4, -0.2) is 53.1 Å². The Morgan fingerprint density at radius 1 is 1.53 bits per heavy atom. The maximum Gasteiger partial charge on any atom is 0.407 e. The van der Waals surface area contributed by atoms with E-state index in [1.807, 2.05) is 20.8 Å². The molecule has 0 spiro atoms. The van der Waals surface area contributed by atoms with Crippen molar-refractivity contribution in [1.82, 2.24) is 4.90 Å². The summed E-state index contributed by atoms with van der Waals surface area (Å²) >= 11 is 0. The standard InChI is InChI=1S/C10H19NO4/c1-9(2,3)10(7-12)6-11(8(13)14)4-5-15-10/h12H,4-7H2,1-3H3,(H,13,14)/t10-/m1/s1. The molecule has 1 fully saturated rings. The van der Waals surface area contributed by atoms with Crippen LogP contribution in [0.5, 0.6) is 0 Å². The van der Waals surface area contributed by atoms with Crippen LogP contribution in [0.25, 0.3) is 0 Å². The number of ether oxygens (including phenoxy) is 1. The summed E-state index contributed by atoms with van der Waals surface area (Å²) in [6, 6.07) is 0. The first-order valence-corrected chi connectivity index (χ1v) is 5.05. The quantitative estimate of drug-likeness (QED) is 0.680. The normalized spacial score (nSPS) is 27.9. The van der Waals surface area contributed by atoms with Crippen LogP contribution < -0.4 is 0 Å². The number of aliphatic hydroxyl groups is 1. The molecule has 1 amide bonds. The van der Waals surface area contributed by atoms with Gasteiger partial charge in [0.1, 0.15) is 5.60 Å². The number of morpholine rings is 1. The first kappa shape index (κ1) is 12.3. The Kier molecular flexibility index (Phi) is 3.25. The Morgan fingerprint density at radius 2 is 2.13 bits per heavy atom. The lowest BCUT2D eigenvalue weighted by atomic mass is 9.75. The first-order valence-electron chi connectivity index (χ1n) is 5.05. The van der Waals surface area contributed by atoms with Crippen LogP contribution in [-0.2, 0) is 4.74 Å². The summed E-state index contributed by atoms with van der Waals surface area (Å²) in [6.07, 6.45) is -0.958. The summed E-state index contributed by atoms with van der Waals surface area (Å²) in [6.45, 7) is 6.58. The largest absolute Gasteiger partial charge is 0.465 e. The Balaban J connectivity index is 2.87. The average Bonchev–Trinajstić information content (AvgIpc) is 2.16. The van der Waals surface area contributed by atoms with Gasteiger partial charge in [0, 0.05) is 6.54 Å². The molecule has 5 heteroatoms. The number of aliphatic hydroxyl groups excluding tert-OH is 1. The maximum absolute atomic E-state index is 10.9. The fraction of sp³-hybridized carbons (Fsp3) is 0.900. The van der Waals surface area contributed by atoms with Gasteiger partial charge in [0.2, 0.25) is 0 Å². The molecule has 5 nitrogen and oxygen atoms in total. The molecule has 15 heavy (non-hydrogen) atoms. The lowest BCUT2D eigenvalue weighted by molar-refractivity contribution is -0.179. The minimum atomic E-state index is -0.958. The molecule has 0 saturated carbocycles. The van der Waals surface area contributed by atoms with Crippen LogP contribution in [0, 0.1) is 5.41 Å². The minimum Gasteiger partial charge on any atom is -0.465 e. The van der Waals surface area contributed by atoms with Crippen LogP contribution in [0.3, 0.4) is 0 Å². The Bertz CT molecular complexity index is 248. The third-order valence-corrected chi connectivity index (χ3v) is 3.08. The monoisotopic (exact) mass is 217 g/mol. The molecule has 1 aliphatic rings. The second-order valence-electron chi connectivity index (χ2n) is 4.95. The zero-order valence-electron chi connectivity index (χ0n) is 9.49. The molecule has 0 aliphatic carbocycles. The lowest BCUT2D eigenvalue weighted by Crippen LogP contribution is -2.61. The Morgan fingerprint density at radius 3 is 2.53 bits per heavy atom. The fourth-order valence-electron chi connectivity index (χ4n) is 1.73. The first-order chi connectivity index (χ1) is 6.82. The highest BCUT2D eigenvalue weighted by Crippen LogP contribution is 2.36. The average molecular weight is 217 g/mol. The Labute approximate surface area is 89.6 Å². The second-order valence-corrected chi connectivity index (χ2v) is 4.95. The molecule has 0 aromatic heterocycles. The van der Waals surface area contributed by atoms with Gasteiger partial charge in [-0.3, -0.25) is 0 Å². The molecule has 1 aliphatic heterocycles. The zero-order chi connectivity index (χ0) is 11.7. The van der Waals surface area contributed by atoms with E-state index in [0.717, 1.165) is 0 Å². The van der Waals surface area contributed by atoms with Crippen molar-refractivity contribution in [3.63, 3.8) is 0 Å². The summed E-state index contributed by atoms with van der Waals surface area (Å²) in [5.74, 6) is 0. The van der Waals surface area contributed by atoms with Crippen molar-refractivity contribution in [3.8, 4) is 0 Å². The van der Waals surface area contributed by atoms with Crippen LogP contribution in [0.15, 0.2) is 0 Å². The third kappa shape index (κ3) is 2.23. The van der Waals surface area contributed by atoms with Gasteiger partial charge in [-0.15, -0.1) is 0 Å². The highest BCUT2D eigenvalue weighted by Gasteiger charge is 2.47. The molecule has 88 valence electrons. The van der Waals surface area contributed by atoms with Crippen LogP contribution >= 0.6 is 0 Å². The fourth-order valence-corrected chi connectivity index (χ4v) is 1.73. The Hall–Kier alpha value is -0.810. The van der Waals surface area contributed by atoms with E-state index in [9.17, 15) is 9.90 Å². The molecule has 0 bridgehead atoms. The topological polar surface area (TPSA) is 70.0 Å². The molecule has 1 heterocycles. The molecular formula is C10H19NO4. The minimum absolute atomic E-state index is 0.166. The van der Waals surface area contributed by atoms with E-state index in [2.05, 4.69) is 0 Å². The molecule has 1 rings (SSSR count). The van der Waals surface area contributed by atoms with Gasteiger partial charge in [-0.2, -0.15) is 0 Å². The van der Waals surface area contributed by atoms with Gasteiger partial charge in [-0.1, -0.05) is 20.8 Å². The molecule has 0 unspecified atom stereocenters. The summed E-state index contributed by atoms with van der Waals surface area (Å²) in [5.41, 5.74) is -1.08. The number of rotatable bonds is 1. The van der Waals surface area contributed by atoms with E-state index < -0.39 is 11.7 Å². The summed E-state index contributed by atoms with van der Waals surface area (Å²) in [4.78, 5) is 12.2. The number of nitrogens with zero attached hydrogens (tertiary/aromatic N) is 1. The number of hydrogen-bond acceptors (Lipinski definition) is 3. The summed E-state index contributed by atoms with van der Waals surface area (Å²) in [5, 5.41) is 18.4. The highest BCUT2D eigenvalue weighted by molar-refractivity contribution is 5.65. The van der Waals surface area contributed by atoms with Crippen molar-refractivity contribution in [2.24, 2.45) is 5.41 Å². The SMILES string of the molecule is CC(C)(C)[C@]1(CO)CN(C(=O)O)CCO1. The summed E-state index contributed by atoms with van der Waals surface area (Å²) in [7, 11) is 0. The maximum atomic E-state index is 10.9. The van der Waals surface area contributed by atoms with Crippen molar-refractivity contribution < 1.29 is 19.7 Å². The van der Waals surface area contributed by atoms with E-state index in [4.69, 9.17) is 9.84 Å². The smallest absolute Gasteiger partial charge is 0.407 e. The van der Waals surface area contributed by atoms with E-state index in [-0.39, 0.29) is 18.6 Å². The van der Waals surface area contributed by atoms with Gasteiger partial charge in [0.05, 0.1) is 19.8 Å². The molecule has 0 aromatic rings. The highest BCUT2D eigenvalue weighted by atomic mass is 16.5. The van der Waals surface area contributed by atoms with E-state index in [1.165, 1.54) is 4.90 Å². The van der Waals surface area contributed by atoms with Crippen molar-refractivity contribution >= 4 is 6.09 Å². The molecular weight excluding hydrogens is 198 g/mol. The van der Waals surface area contributed by atoms with Crippen LogP contribution in [0.2, 0.25) is 0 Å². The van der Waals surface area contributed by atoms with E-state index >= 15 is 0 Å². The van der Waals surface area contributed by atoms with Crippen molar-refractivity contribution in [3.05, 3.63) is 0 Å². The summed E-state index contributed by atoms with van der Waals surface area (Å²) < 4.78 is 5.60. The van der Waals surface area contributed by atoms with Crippen molar-refractivity contribution in [2.75, 3.05) is 26.3 Å². The van der Waals surface area contributed by atoms with Gasteiger partial charge < -0.3 is 19.8 Å². The molecule has 2 N–H and O–H groups in total. The van der Waals surface area contributed by atoms with Gasteiger partial charge >= 0.3 is 6.09 Å². The van der Waals surface area contributed by atoms with Crippen molar-refractivity contribution in [2.45, 2.75) is 26.4 Å². The molecule has 0 radical (unpaired) electrons. The van der Waals surface area contributed by atoms with E-state index in [1.54, 1.807) is 0 Å². The number of carboxylic acid groups (broad SMARTS) is 1.